The average Bonchev–Trinajstić information content (AvgIpc) is 2.75. The van der Waals surface area contributed by atoms with E-state index in [1.54, 1.807) is 12.1 Å². The van der Waals surface area contributed by atoms with E-state index in [0.717, 1.165) is 18.2 Å². The molecule has 166 valence electrons. The van der Waals surface area contributed by atoms with Gasteiger partial charge < -0.3 is 18.9 Å². The Bertz CT molecular complexity index is 921. The van der Waals surface area contributed by atoms with Crippen molar-refractivity contribution in [1.82, 2.24) is 0 Å². The highest BCUT2D eigenvalue weighted by Gasteiger charge is 2.20. The lowest BCUT2D eigenvalue weighted by atomic mass is 10.2. The summed E-state index contributed by atoms with van der Waals surface area (Å²) in [5.74, 6) is 0.0624. The summed E-state index contributed by atoms with van der Waals surface area (Å²) in [4.78, 5) is 30.6. The molecule has 0 radical (unpaired) electrons. The summed E-state index contributed by atoms with van der Waals surface area (Å²) in [5, 5.41) is 32.6. The lowest BCUT2D eigenvalue weighted by molar-refractivity contribution is -0.394. The van der Waals surface area contributed by atoms with Gasteiger partial charge in [-0.1, -0.05) is 12.1 Å². The van der Waals surface area contributed by atoms with Gasteiger partial charge in [-0.05, 0) is 12.1 Å². The number of non-ortho nitro benzene ring substituents is 1. The van der Waals surface area contributed by atoms with Gasteiger partial charge in [-0.2, -0.15) is 0 Å². The first-order chi connectivity index (χ1) is 14.9. The lowest BCUT2D eigenvalue weighted by Gasteiger charge is -2.09. The van der Waals surface area contributed by atoms with Crippen LogP contribution < -0.4 is 9.47 Å². The molecule has 0 fully saturated rings. The Morgan fingerprint density at radius 2 is 1.13 bits per heavy atom. The highest BCUT2D eigenvalue weighted by molar-refractivity contribution is 5.53. The van der Waals surface area contributed by atoms with Gasteiger partial charge in [-0.15, -0.1) is 0 Å². The Balaban J connectivity index is 1.60. The van der Waals surface area contributed by atoms with Gasteiger partial charge >= 0.3 is 11.4 Å². The monoisotopic (exact) mass is 437 g/mol. The van der Waals surface area contributed by atoms with E-state index in [2.05, 4.69) is 0 Å². The Hall–Kier alpha value is -3.84. The highest BCUT2D eigenvalue weighted by Crippen LogP contribution is 2.30. The molecule has 0 aromatic heterocycles. The van der Waals surface area contributed by atoms with Gasteiger partial charge in [0.1, 0.15) is 13.2 Å². The van der Waals surface area contributed by atoms with Crippen LogP contribution in [0.15, 0.2) is 42.5 Å². The number of hydrogen-bond acceptors (Lipinski definition) is 10. The molecular weight excluding hydrogens is 418 g/mol. The zero-order valence-corrected chi connectivity index (χ0v) is 16.2. The average molecular weight is 437 g/mol. The van der Waals surface area contributed by atoms with Crippen LogP contribution in [0.25, 0.3) is 0 Å². The topological polar surface area (TPSA) is 166 Å². The number of rotatable bonds is 14. The fourth-order valence-electron chi connectivity index (χ4n) is 2.36. The zero-order chi connectivity index (χ0) is 22.6. The Morgan fingerprint density at radius 1 is 0.613 bits per heavy atom. The maximum absolute atomic E-state index is 11.0. The van der Waals surface area contributed by atoms with Crippen LogP contribution in [-0.2, 0) is 9.47 Å². The number of benzene rings is 2. The number of hydrogen-bond donors (Lipinski definition) is 0. The van der Waals surface area contributed by atoms with Crippen LogP contribution >= 0.6 is 0 Å². The zero-order valence-electron chi connectivity index (χ0n) is 16.2. The van der Waals surface area contributed by atoms with Crippen molar-refractivity contribution in [3.8, 4) is 11.5 Å². The lowest BCUT2D eigenvalue weighted by Crippen LogP contribution is -2.14. The third kappa shape index (κ3) is 7.49. The van der Waals surface area contributed by atoms with Crippen molar-refractivity contribution in [3.63, 3.8) is 0 Å². The van der Waals surface area contributed by atoms with Crippen LogP contribution in [0.4, 0.5) is 17.1 Å². The minimum absolute atomic E-state index is 0.000559. The molecule has 13 nitrogen and oxygen atoms in total. The van der Waals surface area contributed by atoms with Gasteiger partial charge in [-0.3, -0.25) is 30.3 Å². The molecule has 2 aromatic carbocycles. The van der Waals surface area contributed by atoms with E-state index in [0.29, 0.717) is 0 Å². The molecule has 2 rings (SSSR count). The number of nitro benzene ring substituents is 3. The number of ether oxygens (including phenoxy) is 4. The fraction of sp³-hybridized carbons (Fsp3) is 0.333. The van der Waals surface area contributed by atoms with E-state index in [4.69, 9.17) is 18.9 Å². The predicted octanol–water partition coefficient (Wildman–Crippen LogP) is 2.90. The largest absolute Gasteiger partial charge is 0.484 e. The molecule has 0 unspecified atom stereocenters. The third-order valence-corrected chi connectivity index (χ3v) is 3.75. The van der Waals surface area contributed by atoms with Crippen LogP contribution in [-0.4, -0.2) is 54.4 Å². The maximum Gasteiger partial charge on any atom is 0.317 e. The molecule has 0 heterocycles. The summed E-state index contributed by atoms with van der Waals surface area (Å²) >= 11 is 0. The highest BCUT2D eigenvalue weighted by atomic mass is 16.6. The molecule has 0 bridgehead atoms. The molecule has 0 aliphatic rings. The standard InChI is InChI=1S/C18H19N3O10/c22-19(23)14-5-6-18(16(13-14)21(26)27)31-12-10-29-8-7-28-9-11-30-17-4-2-1-3-15(17)20(24)25/h1-6,13H,7-12H2. The van der Waals surface area contributed by atoms with E-state index in [1.807, 2.05) is 0 Å². The first-order valence-electron chi connectivity index (χ1n) is 8.97. The molecule has 0 aliphatic heterocycles. The van der Waals surface area contributed by atoms with Crippen molar-refractivity contribution in [2.45, 2.75) is 0 Å². The summed E-state index contributed by atoms with van der Waals surface area (Å²) in [6, 6.07) is 9.12. The minimum atomic E-state index is -0.761. The van der Waals surface area contributed by atoms with Gasteiger partial charge in [0.05, 0.1) is 47.3 Å². The molecule has 0 atom stereocenters. The number of nitro groups is 3. The molecule has 0 N–H and O–H groups in total. The van der Waals surface area contributed by atoms with Crippen LogP contribution in [0.5, 0.6) is 11.5 Å². The predicted molar refractivity (Wildman–Crippen MR) is 105 cm³/mol. The second-order valence-corrected chi connectivity index (χ2v) is 5.81. The van der Waals surface area contributed by atoms with Gasteiger partial charge in [0, 0.05) is 12.1 Å². The fourth-order valence-corrected chi connectivity index (χ4v) is 2.36. The van der Waals surface area contributed by atoms with Gasteiger partial charge in [0.15, 0.2) is 11.5 Å². The molecule has 0 saturated heterocycles. The normalized spacial score (nSPS) is 10.5. The van der Waals surface area contributed by atoms with Gasteiger partial charge in [-0.25, -0.2) is 0 Å². The molecule has 2 aromatic rings. The Labute approximate surface area is 175 Å². The molecule has 0 amide bonds. The molecule has 0 spiro atoms. The maximum atomic E-state index is 11.0. The quantitative estimate of drug-likeness (QED) is 0.243. The van der Waals surface area contributed by atoms with E-state index in [9.17, 15) is 30.3 Å². The van der Waals surface area contributed by atoms with Crippen molar-refractivity contribution in [1.29, 1.82) is 0 Å². The van der Waals surface area contributed by atoms with E-state index in [-0.39, 0.29) is 56.8 Å². The SMILES string of the molecule is O=[N+]([O-])c1ccc(OCCOCCOCCOc2ccccc2[N+](=O)[O-])c([N+](=O)[O-])c1. The summed E-state index contributed by atoms with van der Waals surface area (Å²) in [5.41, 5.74) is -1.03. The number of para-hydroxylation sites is 2. The Kier molecular flexibility index (Phi) is 9.07. The van der Waals surface area contributed by atoms with Crippen LogP contribution in [0.2, 0.25) is 0 Å². The van der Waals surface area contributed by atoms with E-state index < -0.39 is 26.1 Å². The summed E-state index contributed by atoms with van der Waals surface area (Å²) in [7, 11) is 0. The molecule has 0 saturated carbocycles. The van der Waals surface area contributed by atoms with Crippen molar-refractivity contribution in [2.24, 2.45) is 0 Å². The third-order valence-electron chi connectivity index (χ3n) is 3.75. The summed E-state index contributed by atoms with van der Waals surface area (Å²) in [6.07, 6.45) is 0. The summed E-state index contributed by atoms with van der Waals surface area (Å²) in [6.45, 7) is 0.886. The molecule has 0 aliphatic carbocycles. The molecular formula is C18H19N3O10. The Morgan fingerprint density at radius 3 is 1.68 bits per heavy atom. The van der Waals surface area contributed by atoms with E-state index >= 15 is 0 Å². The molecule has 31 heavy (non-hydrogen) atoms. The first kappa shape index (κ1) is 23.4. The smallest absolute Gasteiger partial charge is 0.317 e. The molecule has 13 heteroatoms. The first-order valence-corrected chi connectivity index (χ1v) is 8.97. The van der Waals surface area contributed by atoms with E-state index in [1.165, 1.54) is 12.1 Å². The summed E-state index contributed by atoms with van der Waals surface area (Å²) < 4.78 is 21.1. The van der Waals surface area contributed by atoms with Crippen molar-refractivity contribution in [3.05, 3.63) is 72.8 Å². The second kappa shape index (κ2) is 12.0. The van der Waals surface area contributed by atoms with Gasteiger partial charge in [0.2, 0.25) is 0 Å². The van der Waals surface area contributed by atoms with Gasteiger partial charge in [0.25, 0.3) is 5.69 Å². The van der Waals surface area contributed by atoms with Crippen molar-refractivity contribution >= 4 is 17.1 Å². The van der Waals surface area contributed by atoms with Crippen molar-refractivity contribution in [2.75, 3.05) is 39.6 Å². The van der Waals surface area contributed by atoms with Crippen LogP contribution in [0.3, 0.4) is 0 Å². The van der Waals surface area contributed by atoms with Crippen molar-refractivity contribution < 1.29 is 33.7 Å². The van der Waals surface area contributed by atoms with Crippen LogP contribution in [0, 0.1) is 30.3 Å². The minimum Gasteiger partial charge on any atom is -0.484 e. The second-order valence-electron chi connectivity index (χ2n) is 5.81. The number of nitrogens with zero attached hydrogens (tertiary/aromatic N) is 3. The van der Waals surface area contributed by atoms with Crippen LogP contribution in [0.1, 0.15) is 0 Å².